The molecule has 0 spiro atoms. The van der Waals surface area contributed by atoms with Gasteiger partial charge in [0.05, 0.1) is 22.4 Å². The number of carbonyl (C=O) groups is 2. The Morgan fingerprint density at radius 3 is 2.45 bits per heavy atom. The molecule has 38 heavy (non-hydrogen) atoms. The molecule has 3 heterocycles. The number of fused-ring (bicyclic) bond motifs is 1. The molecule has 208 valence electrons. The number of alkyl halides is 1. The molecule has 1 N–H and O–H groups in total. The van der Waals surface area contributed by atoms with Crippen LogP contribution in [0.25, 0.3) is 10.2 Å². The van der Waals surface area contributed by atoms with Crippen molar-refractivity contribution in [3.05, 3.63) is 37.0 Å². The van der Waals surface area contributed by atoms with Gasteiger partial charge in [0.15, 0.2) is 5.82 Å². The molecule has 3 aromatic heterocycles. The topological polar surface area (TPSA) is 93.7 Å². The summed E-state index contributed by atoms with van der Waals surface area (Å²) in [5, 5.41) is 4.64. The number of amides is 2. The van der Waals surface area contributed by atoms with Crippen LogP contribution in [0.15, 0.2) is 22.0 Å². The molecule has 0 aliphatic carbocycles. The van der Waals surface area contributed by atoms with E-state index in [2.05, 4.69) is 31.2 Å². The molecule has 0 bridgehead atoms. The number of ether oxygens (including phenoxy) is 2. The second-order valence-corrected chi connectivity index (χ2v) is 13.8. The Labute approximate surface area is 243 Å². The quantitative estimate of drug-likeness (QED) is 0.249. The number of anilines is 1. The SMILES string of the molecule is CC(C)(C)OC(=O)N[C@@H](CCF)Cc1sc2c(N(Cc3cccs3)C(=O)OC(C)(C)C)nc(Cl)nc2c1Br. The fraction of sp³-hybridized carbons (Fsp3) is 0.520. The highest BCUT2D eigenvalue weighted by Gasteiger charge is 2.30. The number of alkyl carbamates (subject to hydrolysis) is 1. The zero-order chi connectivity index (χ0) is 28.3. The van der Waals surface area contributed by atoms with Gasteiger partial charge >= 0.3 is 12.2 Å². The molecule has 1 atom stereocenters. The van der Waals surface area contributed by atoms with Gasteiger partial charge in [-0.3, -0.25) is 9.29 Å². The number of nitrogens with zero attached hydrogens (tertiary/aromatic N) is 3. The van der Waals surface area contributed by atoms with Crippen LogP contribution >= 0.6 is 50.2 Å². The molecule has 0 saturated carbocycles. The third kappa shape index (κ3) is 8.49. The van der Waals surface area contributed by atoms with Crippen LogP contribution in [0.1, 0.15) is 57.7 Å². The number of nitrogens with one attached hydrogen (secondary N) is 1. The minimum atomic E-state index is -0.727. The van der Waals surface area contributed by atoms with Gasteiger partial charge in [-0.15, -0.1) is 22.7 Å². The fourth-order valence-electron chi connectivity index (χ4n) is 3.43. The van der Waals surface area contributed by atoms with E-state index in [0.29, 0.717) is 26.9 Å². The summed E-state index contributed by atoms with van der Waals surface area (Å²) in [6.45, 7) is 10.3. The number of aromatic nitrogens is 2. The lowest BCUT2D eigenvalue weighted by atomic mass is 10.1. The van der Waals surface area contributed by atoms with Crippen molar-refractivity contribution in [3.8, 4) is 0 Å². The largest absolute Gasteiger partial charge is 0.444 e. The third-order valence-corrected chi connectivity index (χ3v) is 8.22. The van der Waals surface area contributed by atoms with Crippen LogP contribution in [0.2, 0.25) is 5.28 Å². The summed E-state index contributed by atoms with van der Waals surface area (Å²) in [5.41, 5.74) is -0.900. The Kier molecular flexibility index (Phi) is 9.99. The van der Waals surface area contributed by atoms with Crippen molar-refractivity contribution in [2.75, 3.05) is 11.6 Å². The van der Waals surface area contributed by atoms with Crippen LogP contribution < -0.4 is 10.2 Å². The summed E-state index contributed by atoms with van der Waals surface area (Å²) in [6.07, 6.45) is -0.792. The van der Waals surface area contributed by atoms with Gasteiger partial charge in [-0.1, -0.05) is 6.07 Å². The standard InChI is InChI=1S/C25H31BrClFN4O4S2/c1-24(2,3)35-22(33)29-14(9-10-28)12-16-17(26)18-19(38-16)20(31-21(27)30-18)32(13-15-8-7-11-37-15)23(34)36-25(4,5)6/h7-8,11,14H,9-10,12-13H2,1-6H3,(H,29,33)/t14-/m0/s1. The first-order valence-corrected chi connectivity index (χ1v) is 14.8. The van der Waals surface area contributed by atoms with Crippen LogP contribution in [0.3, 0.4) is 0 Å². The summed E-state index contributed by atoms with van der Waals surface area (Å²) in [4.78, 5) is 37.6. The third-order valence-electron chi connectivity index (χ3n) is 4.87. The van der Waals surface area contributed by atoms with E-state index in [9.17, 15) is 14.0 Å². The number of carbonyl (C=O) groups excluding carboxylic acids is 2. The normalized spacial score (nSPS) is 12.9. The smallest absolute Gasteiger partial charge is 0.416 e. The Bertz CT molecular complexity index is 1280. The predicted octanol–water partition coefficient (Wildman–Crippen LogP) is 7.91. The minimum Gasteiger partial charge on any atom is -0.444 e. The number of rotatable bonds is 8. The summed E-state index contributed by atoms with van der Waals surface area (Å²) in [5.74, 6) is 0.307. The maximum atomic E-state index is 13.4. The Hall–Kier alpha value is -2.02. The molecular weight excluding hydrogens is 619 g/mol. The highest BCUT2D eigenvalue weighted by Crippen LogP contribution is 2.41. The van der Waals surface area contributed by atoms with Crippen molar-refractivity contribution >= 4 is 78.4 Å². The predicted molar refractivity (Wildman–Crippen MR) is 154 cm³/mol. The molecule has 0 aromatic carbocycles. The maximum Gasteiger partial charge on any atom is 0.416 e. The highest BCUT2D eigenvalue weighted by molar-refractivity contribution is 9.10. The summed E-state index contributed by atoms with van der Waals surface area (Å²) >= 11 is 12.8. The first kappa shape index (κ1) is 30.5. The fourth-order valence-corrected chi connectivity index (χ4v) is 6.31. The van der Waals surface area contributed by atoms with Gasteiger partial charge in [0.1, 0.15) is 16.7 Å². The van der Waals surface area contributed by atoms with E-state index < -0.39 is 36.1 Å². The van der Waals surface area contributed by atoms with Crippen molar-refractivity contribution in [2.45, 2.75) is 78.2 Å². The first-order chi connectivity index (χ1) is 17.7. The molecule has 0 saturated heterocycles. The molecule has 0 radical (unpaired) electrons. The van der Waals surface area contributed by atoms with Crippen molar-refractivity contribution in [3.63, 3.8) is 0 Å². The monoisotopic (exact) mass is 648 g/mol. The number of hydrogen-bond acceptors (Lipinski definition) is 8. The molecule has 0 unspecified atom stereocenters. The number of hydrogen-bond donors (Lipinski definition) is 1. The van der Waals surface area contributed by atoms with E-state index in [4.69, 9.17) is 21.1 Å². The lowest BCUT2D eigenvalue weighted by Crippen LogP contribution is -2.40. The second kappa shape index (κ2) is 12.4. The van der Waals surface area contributed by atoms with Gasteiger partial charge in [0, 0.05) is 22.2 Å². The zero-order valence-corrected chi connectivity index (χ0v) is 26.0. The van der Waals surface area contributed by atoms with Crippen LogP contribution in [0.4, 0.5) is 19.8 Å². The van der Waals surface area contributed by atoms with Crippen molar-refractivity contribution < 1.29 is 23.5 Å². The van der Waals surface area contributed by atoms with Gasteiger partial charge in [0.2, 0.25) is 5.28 Å². The summed E-state index contributed by atoms with van der Waals surface area (Å²) in [7, 11) is 0. The Balaban J connectivity index is 2.01. The zero-order valence-electron chi connectivity index (χ0n) is 22.1. The molecule has 3 rings (SSSR count). The maximum absolute atomic E-state index is 13.4. The Morgan fingerprint density at radius 2 is 1.87 bits per heavy atom. The Morgan fingerprint density at radius 1 is 1.18 bits per heavy atom. The van der Waals surface area contributed by atoms with E-state index in [0.717, 1.165) is 9.75 Å². The molecule has 3 aromatic rings. The average molecular weight is 650 g/mol. The molecule has 2 amide bonds. The van der Waals surface area contributed by atoms with Gasteiger partial charge in [0.25, 0.3) is 0 Å². The van der Waals surface area contributed by atoms with E-state index in [1.54, 1.807) is 41.5 Å². The lowest BCUT2D eigenvalue weighted by molar-refractivity contribution is 0.0498. The van der Waals surface area contributed by atoms with Crippen LogP contribution in [-0.4, -0.2) is 46.1 Å². The van der Waals surface area contributed by atoms with E-state index in [-0.39, 0.29) is 18.2 Å². The van der Waals surface area contributed by atoms with Crippen molar-refractivity contribution in [1.82, 2.24) is 15.3 Å². The summed E-state index contributed by atoms with van der Waals surface area (Å²) in [6, 6.07) is 3.29. The van der Waals surface area contributed by atoms with Gasteiger partial charge in [-0.2, -0.15) is 4.98 Å². The van der Waals surface area contributed by atoms with E-state index in [1.807, 2.05) is 17.5 Å². The molecule has 0 aliphatic heterocycles. The first-order valence-electron chi connectivity index (χ1n) is 11.9. The molecule has 8 nitrogen and oxygen atoms in total. The van der Waals surface area contributed by atoms with E-state index in [1.165, 1.54) is 27.6 Å². The molecule has 0 fully saturated rings. The molecular formula is C25H31BrClFN4O4S2. The van der Waals surface area contributed by atoms with E-state index >= 15 is 0 Å². The van der Waals surface area contributed by atoms with Crippen LogP contribution in [0.5, 0.6) is 0 Å². The number of thiophene rings is 2. The highest BCUT2D eigenvalue weighted by atomic mass is 79.9. The van der Waals surface area contributed by atoms with Gasteiger partial charge < -0.3 is 14.8 Å². The summed E-state index contributed by atoms with van der Waals surface area (Å²) < 4.78 is 25.6. The minimum absolute atomic E-state index is 0.0375. The van der Waals surface area contributed by atoms with Crippen molar-refractivity contribution in [2.24, 2.45) is 0 Å². The van der Waals surface area contributed by atoms with Crippen molar-refractivity contribution in [1.29, 1.82) is 0 Å². The van der Waals surface area contributed by atoms with Crippen LogP contribution in [0, 0.1) is 0 Å². The molecule has 0 aliphatic rings. The number of halogens is 3. The van der Waals surface area contributed by atoms with Gasteiger partial charge in [-0.05, 0) is 86.9 Å². The second-order valence-electron chi connectivity index (χ2n) is 10.5. The van der Waals surface area contributed by atoms with Crippen LogP contribution in [-0.2, 0) is 22.4 Å². The average Bonchev–Trinajstić information content (AvgIpc) is 3.38. The van der Waals surface area contributed by atoms with Gasteiger partial charge in [-0.25, -0.2) is 14.6 Å². The lowest BCUT2D eigenvalue weighted by Gasteiger charge is -2.26. The molecule has 13 heteroatoms.